The van der Waals surface area contributed by atoms with Gasteiger partial charge in [-0.15, -0.1) is 0 Å². The minimum atomic E-state index is -0.534. The molecule has 49 heavy (non-hydrogen) atoms. The maximum Gasteiger partial charge on any atom is 0.338 e. The average Bonchev–Trinajstić information content (AvgIpc) is 3.59. The van der Waals surface area contributed by atoms with Crippen LogP contribution in [0.3, 0.4) is 0 Å². The van der Waals surface area contributed by atoms with E-state index >= 15 is 0 Å². The van der Waals surface area contributed by atoms with Gasteiger partial charge in [-0.3, -0.25) is 0 Å². The molecule has 0 saturated heterocycles. The summed E-state index contributed by atoms with van der Waals surface area (Å²) in [5.41, 5.74) is 3.41. The number of rotatable bonds is 15. The van der Waals surface area contributed by atoms with Gasteiger partial charge in [0.2, 0.25) is 12.7 Å². The van der Waals surface area contributed by atoms with Crippen molar-refractivity contribution in [3.05, 3.63) is 88.9 Å². The Balaban J connectivity index is 1.63. The molecule has 12 heteroatoms. The van der Waals surface area contributed by atoms with Crippen LogP contribution in [-0.4, -0.2) is 63.2 Å². The molecule has 1 aliphatic heterocycles. The Labute approximate surface area is 284 Å². The number of aromatic nitrogens is 2. The Morgan fingerprint density at radius 3 is 2.41 bits per heavy atom. The Bertz CT molecular complexity index is 1840. The third-order valence-electron chi connectivity index (χ3n) is 7.55. The van der Waals surface area contributed by atoms with Crippen LogP contribution in [0.2, 0.25) is 0 Å². The highest BCUT2D eigenvalue weighted by atomic mass is 16.7. The lowest BCUT2D eigenvalue weighted by Crippen LogP contribution is -2.11. The molecule has 4 aromatic rings. The van der Waals surface area contributed by atoms with Crippen molar-refractivity contribution >= 4 is 18.0 Å². The van der Waals surface area contributed by atoms with E-state index < -0.39 is 11.9 Å². The lowest BCUT2D eigenvalue weighted by molar-refractivity contribution is -0.138. The number of carbonyl (C=O) groups excluding carboxylic acids is 2. The maximum atomic E-state index is 13.5. The summed E-state index contributed by atoms with van der Waals surface area (Å²) >= 11 is 0. The van der Waals surface area contributed by atoms with Gasteiger partial charge in [0.15, 0.2) is 11.5 Å². The normalized spacial score (nSPS) is 11.9. The predicted octanol–water partition coefficient (Wildman–Crippen LogP) is 6.23. The zero-order chi connectivity index (χ0) is 34.8. The molecule has 1 aromatic heterocycles. The van der Waals surface area contributed by atoms with Crippen molar-refractivity contribution < 1.29 is 47.5 Å². The number of fused-ring (bicyclic) bond motifs is 1. The molecule has 0 spiro atoms. The fraction of sp³-hybridized carbons (Fsp3) is 0.297. The Morgan fingerprint density at radius 1 is 0.878 bits per heavy atom. The van der Waals surface area contributed by atoms with Crippen LogP contribution >= 0.6 is 0 Å². The van der Waals surface area contributed by atoms with Crippen LogP contribution in [0.15, 0.2) is 66.5 Å². The first-order chi connectivity index (χ1) is 23.9. The van der Waals surface area contributed by atoms with E-state index in [1.807, 2.05) is 13.0 Å². The number of nitrogens with zero attached hydrogens (tertiary/aromatic N) is 2. The molecule has 12 nitrogen and oxygen atoms in total. The number of methoxy groups -OCH3 is 3. The predicted molar refractivity (Wildman–Crippen MR) is 179 cm³/mol. The van der Waals surface area contributed by atoms with Crippen LogP contribution in [0.5, 0.6) is 34.6 Å². The van der Waals surface area contributed by atoms with E-state index in [0.29, 0.717) is 74.4 Å². The van der Waals surface area contributed by atoms with Gasteiger partial charge in [0, 0.05) is 40.8 Å². The average molecular weight is 671 g/mol. The second-order valence-electron chi connectivity index (χ2n) is 10.7. The molecule has 0 fully saturated rings. The molecule has 0 bridgehead atoms. The molecule has 3 aromatic carbocycles. The SMILES string of the molecule is CCCOc1ncnc(C=C(Cc2cc3c(cc2OC)OCO3)C(=O)OCC)c1-c1ccc(OC)cc1OCc1ccccc1C(=O)OC. The molecular formula is C37H38N2O10. The van der Waals surface area contributed by atoms with Gasteiger partial charge in [-0.05, 0) is 43.7 Å². The summed E-state index contributed by atoms with van der Waals surface area (Å²) in [4.78, 5) is 35.0. The molecule has 256 valence electrons. The largest absolute Gasteiger partial charge is 0.497 e. The van der Waals surface area contributed by atoms with Gasteiger partial charge < -0.3 is 37.9 Å². The maximum absolute atomic E-state index is 13.5. The van der Waals surface area contributed by atoms with Crippen molar-refractivity contribution in [3.8, 4) is 45.8 Å². The third-order valence-corrected chi connectivity index (χ3v) is 7.55. The smallest absolute Gasteiger partial charge is 0.338 e. The minimum Gasteiger partial charge on any atom is -0.497 e. The van der Waals surface area contributed by atoms with Crippen LogP contribution in [0.4, 0.5) is 0 Å². The topological polar surface area (TPSA) is 134 Å². The Kier molecular flexibility index (Phi) is 11.5. The second-order valence-corrected chi connectivity index (χ2v) is 10.7. The summed E-state index contributed by atoms with van der Waals surface area (Å²) in [5.74, 6) is 1.84. The zero-order valence-electron chi connectivity index (χ0n) is 28.1. The summed E-state index contributed by atoms with van der Waals surface area (Å²) in [5, 5.41) is 0. The van der Waals surface area contributed by atoms with E-state index in [0.717, 1.165) is 6.42 Å². The molecule has 0 N–H and O–H groups in total. The van der Waals surface area contributed by atoms with E-state index in [2.05, 4.69) is 9.97 Å². The van der Waals surface area contributed by atoms with Crippen molar-refractivity contribution in [1.82, 2.24) is 9.97 Å². The summed E-state index contributed by atoms with van der Waals surface area (Å²) in [6.45, 7) is 4.40. The van der Waals surface area contributed by atoms with Crippen molar-refractivity contribution in [2.75, 3.05) is 41.3 Å². The van der Waals surface area contributed by atoms with E-state index in [4.69, 9.17) is 37.9 Å². The number of hydrogen-bond donors (Lipinski definition) is 0. The van der Waals surface area contributed by atoms with Crippen LogP contribution in [-0.2, 0) is 27.3 Å². The monoisotopic (exact) mass is 670 g/mol. The fourth-order valence-electron chi connectivity index (χ4n) is 5.19. The summed E-state index contributed by atoms with van der Waals surface area (Å²) in [6.07, 6.45) is 3.88. The van der Waals surface area contributed by atoms with E-state index in [1.54, 1.807) is 75.8 Å². The fourth-order valence-corrected chi connectivity index (χ4v) is 5.19. The first kappa shape index (κ1) is 34.6. The molecule has 0 radical (unpaired) electrons. The van der Waals surface area contributed by atoms with Crippen molar-refractivity contribution in [2.24, 2.45) is 0 Å². The first-order valence-electron chi connectivity index (χ1n) is 15.7. The number of esters is 2. The van der Waals surface area contributed by atoms with Gasteiger partial charge in [-0.2, -0.15) is 0 Å². The number of hydrogen-bond acceptors (Lipinski definition) is 12. The molecular weight excluding hydrogens is 632 g/mol. The number of benzene rings is 3. The molecule has 0 amide bonds. The van der Waals surface area contributed by atoms with Crippen molar-refractivity contribution in [3.63, 3.8) is 0 Å². The molecule has 5 rings (SSSR count). The molecule has 0 atom stereocenters. The first-order valence-corrected chi connectivity index (χ1v) is 15.7. The van der Waals surface area contributed by atoms with Gasteiger partial charge in [0.25, 0.3) is 0 Å². The third kappa shape index (κ3) is 8.03. The lowest BCUT2D eigenvalue weighted by Gasteiger charge is -2.18. The van der Waals surface area contributed by atoms with E-state index in [-0.39, 0.29) is 32.3 Å². The van der Waals surface area contributed by atoms with E-state index in [1.165, 1.54) is 13.4 Å². The number of carbonyl (C=O) groups is 2. The summed E-state index contributed by atoms with van der Waals surface area (Å²) < 4.78 is 45.2. The summed E-state index contributed by atoms with van der Waals surface area (Å²) in [6, 6.07) is 15.9. The van der Waals surface area contributed by atoms with Crippen LogP contribution in [0, 0.1) is 0 Å². The molecule has 0 aliphatic carbocycles. The van der Waals surface area contributed by atoms with Gasteiger partial charge >= 0.3 is 11.9 Å². The molecule has 0 unspecified atom stereocenters. The van der Waals surface area contributed by atoms with Gasteiger partial charge in [-0.1, -0.05) is 25.1 Å². The highest BCUT2D eigenvalue weighted by Gasteiger charge is 2.24. The van der Waals surface area contributed by atoms with Gasteiger partial charge in [-0.25, -0.2) is 19.6 Å². The zero-order valence-corrected chi connectivity index (χ0v) is 28.1. The second kappa shape index (κ2) is 16.4. The molecule has 0 saturated carbocycles. The van der Waals surface area contributed by atoms with Gasteiger partial charge in [0.1, 0.15) is 30.2 Å². The van der Waals surface area contributed by atoms with E-state index in [9.17, 15) is 9.59 Å². The van der Waals surface area contributed by atoms with Crippen LogP contribution in [0.25, 0.3) is 17.2 Å². The summed E-state index contributed by atoms with van der Waals surface area (Å²) in [7, 11) is 4.43. The number of ether oxygens (including phenoxy) is 8. The van der Waals surface area contributed by atoms with Crippen LogP contribution < -0.4 is 28.4 Å². The Morgan fingerprint density at radius 2 is 1.67 bits per heavy atom. The van der Waals surface area contributed by atoms with Crippen molar-refractivity contribution in [1.29, 1.82) is 0 Å². The highest BCUT2D eigenvalue weighted by molar-refractivity contribution is 5.96. The molecule has 2 heterocycles. The standard InChI is InChI=1S/C37H38N2O10/c1-6-14-46-35-34(28-13-12-26(42-3)18-31(28)47-20-23-10-8-9-11-27(23)37(41)44-5)29(38-21-39-35)16-25(36(40)45-7-2)15-24-17-32-33(49-22-48-32)19-30(24)43-4/h8-13,16-19,21H,6-7,14-15,20,22H2,1-5H3. The quantitative estimate of drug-likeness (QED) is 0.105. The van der Waals surface area contributed by atoms with Gasteiger partial charge in [0.05, 0.1) is 51.4 Å². The van der Waals surface area contributed by atoms with Crippen molar-refractivity contribution in [2.45, 2.75) is 33.3 Å². The highest BCUT2D eigenvalue weighted by Crippen LogP contribution is 2.42. The van der Waals surface area contributed by atoms with Crippen LogP contribution in [0.1, 0.15) is 47.4 Å². The Hall–Kier alpha value is -5.78. The lowest BCUT2D eigenvalue weighted by atomic mass is 9.98. The molecule has 1 aliphatic rings. The minimum absolute atomic E-state index is 0.0352.